The molecule has 0 atom stereocenters. The van der Waals surface area contributed by atoms with Crippen molar-refractivity contribution in [3.05, 3.63) is 45.2 Å². The van der Waals surface area contributed by atoms with Gasteiger partial charge in [-0.25, -0.2) is 4.98 Å². The van der Waals surface area contributed by atoms with Crippen molar-refractivity contribution in [1.29, 1.82) is 0 Å². The van der Waals surface area contributed by atoms with Gasteiger partial charge in [0.15, 0.2) is 11.7 Å². The topological polar surface area (TPSA) is 109 Å². The molecule has 0 aromatic carbocycles. The first-order valence-electron chi connectivity index (χ1n) is 4.54. The number of hydrogen-bond donors (Lipinski definition) is 3. The molecule has 2 heterocycles. The third-order valence-corrected chi connectivity index (χ3v) is 2.84. The lowest BCUT2D eigenvalue weighted by atomic mass is 10.4. The molecule has 0 fully saturated rings. The molecule has 0 bridgehead atoms. The second-order valence-corrected chi connectivity index (χ2v) is 3.91. The molecule has 17 heavy (non-hydrogen) atoms. The maximum absolute atomic E-state index is 11.4. The Morgan fingerprint density at radius 2 is 2.41 bits per heavy atom. The minimum atomic E-state index is -0.311. The third kappa shape index (κ3) is 1.94. The Morgan fingerprint density at radius 3 is 3.12 bits per heavy atom. The van der Waals surface area contributed by atoms with Gasteiger partial charge in [0, 0.05) is 6.20 Å². The molecule has 0 aliphatic rings. The van der Waals surface area contributed by atoms with Crippen molar-refractivity contribution >= 4 is 21.8 Å². The van der Waals surface area contributed by atoms with Gasteiger partial charge in [0.1, 0.15) is 4.47 Å². The molecule has 0 amide bonds. The fraction of sp³-hybridized carbons (Fsp3) is 0. The van der Waals surface area contributed by atoms with E-state index in [4.69, 9.17) is 10.9 Å². The van der Waals surface area contributed by atoms with Crippen molar-refractivity contribution in [3.63, 3.8) is 0 Å². The maximum atomic E-state index is 11.4. The molecule has 2 rings (SSSR count). The summed E-state index contributed by atoms with van der Waals surface area (Å²) in [5.41, 5.74) is 5.64. The first-order chi connectivity index (χ1) is 8.15. The molecule has 0 spiro atoms. The second-order valence-electron chi connectivity index (χ2n) is 3.12. The molecule has 2 aromatic rings. The Labute approximate surface area is 104 Å². The number of rotatable bonds is 2. The van der Waals surface area contributed by atoms with Crippen LogP contribution in [0.2, 0.25) is 0 Å². The first kappa shape index (κ1) is 11.4. The SMILES string of the molecule is N/C(=N/O)c1cccn1-c1nc[nH]c(=O)c1Br. The summed E-state index contributed by atoms with van der Waals surface area (Å²) in [6.07, 6.45) is 2.93. The first-order valence-corrected chi connectivity index (χ1v) is 5.33. The average molecular weight is 298 g/mol. The van der Waals surface area contributed by atoms with E-state index >= 15 is 0 Å². The highest BCUT2D eigenvalue weighted by atomic mass is 79.9. The van der Waals surface area contributed by atoms with E-state index < -0.39 is 0 Å². The van der Waals surface area contributed by atoms with Gasteiger partial charge in [-0.2, -0.15) is 0 Å². The van der Waals surface area contributed by atoms with E-state index in [1.54, 1.807) is 18.3 Å². The lowest BCUT2D eigenvalue weighted by molar-refractivity contribution is 0.318. The molecule has 7 nitrogen and oxygen atoms in total. The zero-order chi connectivity index (χ0) is 12.4. The molecule has 88 valence electrons. The zero-order valence-corrected chi connectivity index (χ0v) is 10.0. The Balaban J connectivity index is 2.66. The van der Waals surface area contributed by atoms with Gasteiger partial charge < -0.3 is 15.9 Å². The molecule has 0 aliphatic heterocycles. The summed E-state index contributed by atoms with van der Waals surface area (Å²) in [5, 5.41) is 11.6. The monoisotopic (exact) mass is 297 g/mol. The molecule has 8 heteroatoms. The van der Waals surface area contributed by atoms with Crippen LogP contribution in [-0.4, -0.2) is 25.6 Å². The van der Waals surface area contributed by atoms with Crippen molar-refractivity contribution in [2.75, 3.05) is 0 Å². The van der Waals surface area contributed by atoms with Crippen molar-refractivity contribution in [1.82, 2.24) is 14.5 Å². The van der Waals surface area contributed by atoms with Crippen LogP contribution in [0.4, 0.5) is 0 Å². The summed E-state index contributed by atoms with van der Waals surface area (Å²) in [6, 6.07) is 3.34. The summed E-state index contributed by atoms with van der Waals surface area (Å²) >= 11 is 3.14. The summed E-state index contributed by atoms with van der Waals surface area (Å²) in [5.74, 6) is 0.296. The summed E-state index contributed by atoms with van der Waals surface area (Å²) < 4.78 is 1.80. The van der Waals surface area contributed by atoms with Gasteiger partial charge in [0.2, 0.25) is 0 Å². The van der Waals surface area contributed by atoms with Gasteiger partial charge >= 0.3 is 0 Å². The normalized spacial score (nSPS) is 11.7. The van der Waals surface area contributed by atoms with E-state index in [1.807, 2.05) is 0 Å². The van der Waals surface area contributed by atoms with Crippen LogP contribution >= 0.6 is 15.9 Å². The van der Waals surface area contributed by atoms with Crippen molar-refractivity contribution in [2.45, 2.75) is 0 Å². The Bertz CT molecular complexity index is 630. The molecular formula is C9H8BrN5O2. The van der Waals surface area contributed by atoms with Crippen LogP contribution in [-0.2, 0) is 0 Å². The van der Waals surface area contributed by atoms with Crippen molar-refractivity contribution in [3.8, 4) is 5.82 Å². The molecule has 0 unspecified atom stereocenters. The van der Waals surface area contributed by atoms with E-state index in [0.29, 0.717) is 11.5 Å². The predicted molar refractivity (Wildman–Crippen MR) is 64.4 cm³/mol. The van der Waals surface area contributed by atoms with E-state index in [-0.39, 0.29) is 15.9 Å². The Hall–Kier alpha value is -2.09. The number of oxime groups is 1. The number of halogens is 1. The van der Waals surface area contributed by atoms with Crippen molar-refractivity contribution in [2.24, 2.45) is 10.9 Å². The number of amidine groups is 1. The highest BCUT2D eigenvalue weighted by Crippen LogP contribution is 2.16. The van der Waals surface area contributed by atoms with Crippen LogP contribution in [0, 0.1) is 0 Å². The lowest BCUT2D eigenvalue weighted by Gasteiger charge is -2.07. The average Bonchev–Trinajstić information content (AvgIpc) is 2.80. The summed E-state index contributed by atoms with van der Waals surface area (Å²) in [4.78, 5) is 17.9. The molecule has 0 radical (unpaired) electrons. The minimum absolute atomic E-state index is 0.0658. The number of aromatic amines is 1. The standard InChI is InChI=1S/C9H8BrN5O2/c10-6-8(12-4-13-9(6)16)15-3-1-2-5(15)7(11)14-17/h1-4,17H,(H2,11,14)(H,12,13,16). The van der Waals surface area contributed by atoms with Crippen LogP contribution in [0.5, 0.6) is 0 Å². The number of aromatic nitrogens is 3. The van der Waals surface area contributed by atoms with Crippen LogP contribution in [0.15, 0.2) is 39.1 Å². The number of nitrogens with one attached hydrogen (secondary N) is 1. The van der Waals surface area contributed by atoms with Crippen LogP contribution in [0.25, 0.3) is 5.82 Å². The van der Waals surface area contributed by atoms with Crippen LogP contribution < -0.4 is 11.3 Å². The largest absolute Gasteiger partial charge is 0.409 e. The fourth-order valence-corrected chi connectivity index (χ4v) is 1.78. The summed E-state index contributed by atoms with van der Waals surface area (Å²) in [6.45, 7) is 0. The Morgan fingerprint density at radius 1 is 1.65 bits per heavy atom. The number of nitrogens with two attached hydrogens (primary N) is 1. The fourth-order valence-electron chi connectivity index (χ4n) is 1.37. The van der Waals surface area contributed by atoms with Gasteiger partial charge in [-0.1, -0.05) is 5.16 Å². The van der Waals surface area contributed by atoms with Gasteiger partial charge in [-0.15, -0.1) is 0 Å². The third-order valence-electron chi connectivity index (χ3n) is 2.13. The molecule has 4 N–H and O–H groups in total. The van der Waals surface area contributed by atoms with E-state index in [2.05, 4.69) is 31.1 Å². The lowest BCUT2D eigenvalue weighted by Crippen LogP contribution is -2.20. The molecule has 0 saturated heterocycles. The number of H-pyrrole nitrogens is 1. The van der Waals surface area contributed by atoms with E-state index in [0.717, 1.165) is 0 Å². The minimum Gasteiger partial charge on any atom is -0.409 e. The zero-order valence-electron chi connectivity index (χ0n) is 8.46. The molecule has 0 saturated carbocycles. The highest BCUT2D eigenvalue weighted by molar-refractivity contribution is 9.10. The summed E-state index contributed by atoms with van der Waals surface area (Å²) in [7, 11) is 0. The second kappa shape index (κ2) is 4.42. The maximum Gasteiger partial charge on any atom is 0.267 e. The van der Waals surface area contributed by atoms with Gasteiger partial charge in [0.05, 0.1) is 12.0 Å². The highest BCUT2D eigenvalue weighted by Gasteiger charge is 2.12. The van der Waals surface area contributed by atoms with Crippen LogP contribution in [0.1, 0.15) is 5.69 Å². The predicted octanol–water partition coefficient (Wildman–Crippen LogP) is 0.418. The van der Waals surface area contributed by atoms with Gasteiger partial charge in [-0.3, -0.25) is 9.36 Å². The van der Waals surface area contributed by atoms with E-state index in [1.165, 1.54) is 10.9 Å². The van der Waals surface area contributed by atoms with Crippen LogP contribution in [0.3, 0.4) is 0 Å². The number of nitrogens with zero attached hydrogens (tertiary/aromatic N) is 3. The number of hydrogen-bond acceptors (Lipinski definition) is 4. The quantitative estimate of drug-likeness (QED) is 0.323. The molecular weight excluding hydrogens is 290 g/mol. The molecule has 0 aliphatic carbocycles. The van der Waals surface area contributed by atoms with Gasteiger partial charge in [-0.05, 0) is 28.1 Å². The van der Waals surface area contributed by atoms with Crippen molar-refractivity contribution < 1.29 is 5.21 Å². The smallest absolute Gasteiger partial charge is 0.267 e. The van der Waals surface area contributed by atoms with Gasteiger partial charge in [0.25, 0.3) is 5.56 Å². The Kier molecular flexibility index (Phi) is 2.96. The van der Waals surface area contributed by atoms with E-state index in [9.17, 15) is 4.79 Å². The molecule has 2 aromatic heterocycles.